The summed E-state index contributed by atoms with van der Waals surface area (Å²) in [5, 5.41) is 3.21. The van der Waals surface area contributed by atoms with Crippen LogP contribution in [0.2, 0.25) is 0 Å². The van der Waals surface area contributed by atoms with Gasteiger partial charge in [-0.2, -0.15) is 4.31 Å². The van der Waals surface area contributed by atoms with E-state index in [0.717, 1.165) is 50.5 Å². The molecule has 0 aromatic heterocycles. The standard InChI is InChI=1S/C25H37N3O4S/c1-2-24(29)28-22-14-13-21(33(31,32)27-15-9-6-10-16-27)17-19(22)18-23(28)25(30)26-20-11-7-4-3-5-8-12-20/h13-14,17,20,23H,2-12,15-16,18H2,1H3,(H,26,30)/t23-/m0/s1. The molecule has 7 nitrogen and oxygen atoms in total. The first-order valence-electron chi connectivity index (χ1n) is 12.7. The predicted octanol–water partition coefficient (Wildman–Crippen LogP) is 3.76. The van der Waals surface area contributed by atoms with E-state index < -0.39 is 16.1 Å². The highest BCUT2D eigenvalue weighted by Gasteiger charge is 2.39. The summed E-state index contributed by atoms with van der Waals surface area (Å²) in [6, 6.07) is 4.51. The van der Waals surface area contributed by atoms with Crippen LogP contribution >= 0.6 is 0 Å². The molecule has 0 unspecified atom stereocenters. The highest BCUT2D eigenvalue weighted by atomic mass is 32.2. The van der Waals surface area contributed by atoms with Crippen LogP contribution in [0.5, 0.6) is 0 Å². The Morgan fingerprint density at radius 2 is 1.61 bits per heavy atom. The van der Waals surface area contributed by atoms with Crippen molar-refractivity contribution in [2.45, 2.75) is 101 Å². The molecule has 8 heteroatoms. The molecule has 4 rings (SSSR count). The zero-order chi connectivity index (χ0) is 23.4. The second-order valence-electron chi connectivity index (χ2n) is 9.64. The third-order valence-electron chi connectivity index (χ3n) is 7.31. The molecule has 1 N–H and O–H groups in total. The average Bonchev–Trinajstić information content (AvgIpc) is 3.20. The van der Waals surface area contributed by atoms with E-state index in [1.165, 1.54) is 19.3 Å². The smallest absolute Gasteiger partial charge is 0.243 e. The molecule has 33 heavy (non-hydrogen) atoms. The average molecular weight is 476 g/mol. The van der Waals surface area contributed by atoms with E-state index >= 15 is 0 Å². The number of hydrogen-bond acceptors (Lipinski definition) is 4. The van der Waals surface area contributed by atoms with E-state index in [9.17, 15) is 18.0 Å². The molecule has 2 amide bonds. The van der Waals surface area contributed by atoms with E-state index in [2.05, 4.69) is 5.32 Å². The Morgan fingerprint density at radius 1 is 0.970 bits per heavy atom. The molecule has 2 fully saturated rings. The molecule has 1 aromatic carbocycles. The van der Waals surface area contributed by atoms with Crippen LogP contribution < -0.4 is 10.2 Å². The number of fused-ring (bicyclic) bond motifs is 1. The number of anilines is 1. The lowest BCUT2D eigenvalue weighted by atomic mass is 9.96. The number of carbonyl (C=O) groups is 2. The Hall–Kier alpha value is -1.93. The molecular formula is C25H37N3O4S. The first-order valence-corrected chi connectivity index (χ1v) is 14.1. The second kappa shape index (κ2) is 10.6. The van der Waals surface area contributed by atoms with Gasteiger partial charge in [0.15, 0.2) is 0 Å². The van der Waals surface area contributed by atoms with Gasteiger partial charge in [-0.1, -0.05) is 45.4 Å². The highest BCUT2D eigenvalue weighted by molar-refractivity contribution is 7.89. The lowest BCUT2D eigenvalue weighted by Crippen LogP contribution is -2.50. The highest BCUT2D eigenvalue weighted by Crippen LogP contribution is 2.36. The fourth-order valence-electron chi connectivity index (χ4n) is 5.43. The molecule has 1 saturated heterocycles. The predicted molar refractivity (Wildman–Crippen MR) is 129 cm³/mol. The molecular weight excluding hydrogens is 438 g/mol. The SMILES string of the molecule is CCC(=O)N1c2ccc(S(=O)(=O)N3CCCCC3)cc2C[C@H]1C(=O)NC1CCCCCCC1. The number of rotatable bonds is 5. The van der Waals surface area contributed by atoms with Crippen LogP contribution in [0.4, 0.5) is 5.69 Å². The number of nitrogens with zero attached hydrogens (tertiary/aromatic N) is 2. The summed E-state index contributed by atoms with van der Waals surface area (Å²) in [6.07, 6.45) is 11.3. The minimum absolute atomic E-state index is 0.113. The summed E-state index contributed by atoms with van der Waals surface area (Å²) < 4.78 is 27.9. The summed E-state index contributed by atoms with van der Waals surface area (Å²) in [6.45, 7) is 2.89. The van der Waals surface area contributed by atoms with Gasteiger partial charge in [-0.15, -0.1) is 0 Å². The first kappa shape index (κ1) is 24.2. The third-order valence-corrected chi connectivity index (χ3v) is 9.21. The maximum atomic E-state index is 13.3. The molecule has 1 aromatic rings. The van der Waals surface area contributed by atoms with Crippen LogP contribution in [0.3, 0.4) is 0 Å². The number of carbonyl (C=O) groups excluding carboxylic acids is 2. The van der Waals surface area contributed by atoms with Gasteiger partial charge in [0.2, 0.25) is 21.8 Å². The monoisotopic (exact) mass is 475 g/mol. The van der Waals surface area contributed by atoms with E-state index in [-0.39, 0.29) is 22.8 Å². The topological polar surface area (TPSA) is 86.8 Å². The van der Waals surface area contributed by atoms with Crippen LogP contribution in [0.1, 0.15) is 83.1 Å². The molecule has 1 saturated carbocycles. The van der Waals surface area contributed by atoms with Gasteiger partial charge in [0.1, 0.15) is 6.04 Å². The summed E-state index contributed by atoms with van der Waals surface area (Å²) in [5.74, 6) is -0.239. The van der Waals surface area contributed by atoms with Gasteiger partial charge in [0.25, 0.3) is 0 Å². The summed E-state index contributed by atoms with van der Waals surface area (Å²) in [7, 11) is -3.57. The normalized spacial score (nSPS) is 22.9. The number of benzene rings is 1. The second-order valence-corrected chi connectivity index (χ2v) is 11.6. The summed E-state index contributed by atoms with van der Waals surface area (Å²) in [4.78, 5) is 28.0. The van der Waals surface area contributed by atoms with Gasteiger partial charge in [-0.05, 0) is 49.4 Å². The zero-order valence-electron chi connectivity index (χ0n) is 19.7. The van der Waals surface area contributed by atoms with Gasteiger partial charge in [-0.25, -0.2) is 8.42 Å². The fraction of sp³-hybridized carbons (Fsp3) is 0.680. The molecule has 3 aliphatic rings. The summed E-state index contributed by atoms with van der Waals surface area (Å²) >= 11 is 0. The lowest BCUT2D eigenvalue weighted by Gasteiger charge is -2.28. The Balaban J connectivity index is 1.55. The Labute approximate surface area is 198 Å². The van der Waals surface area contributed by atoms with Crippen molar-refractivity contribution in [1.82, 2.24) is 9.62 Å². The number of sulfonamides is 1. The molecule has 0 spiro atoms. The molecule has 1 aliphatic carbocycles. The van der Waals surface area contributed by atoms with Gasteiger partial charge < -0.3 is 5.32 Å². The van der Waals surface area contributed by atoms with Crippen molar-refractivity contribution in [1.29, 1.82) is 0 Å². The van der Waals surface area contributed by atoms with E-state index in [1.807, 2.05) is 0 Å². The van der Waals surface area contributed by atoms with Crippen molar-refractivity contribution < 1.29 is 18.0 Å². The largest absolute Gasteiger partial charge is 0.352 e. The quantitative estimate of drug-likeness (QED) is 0.703. The Bertz CT molecular complexity index is 964. The van der Waals surface area contributed by atoms with E-state index in [0.29, 0.717) is 31.6 Å². The van der Waals surface area contributed by atoms with Gasteiger partial charge in [0, 0.05) is 37.7 Å². The molecule has 2 aliphatic heterocycles. The van der Waals surface area contributed by atoms with Crippen molar-refractivity contribution in [3.8, 4) is 0 Å². The minimum Gasteiger partial charge on any atom is -0.352 e. The maximum absolute atomic E-state index is 13.3. The van der Waals surface area contributed by atoms with Gasteiger partial charge in [0.05, 0.1) is 4.90 Å². The van der Waals surface area contributed by atoms with Crippen molar-refractivity contribution in [2.24, 2.45) is 0 Å². The minimum atomic E-state index is -3.57. The Kier molecular flexibility index (Phi) is 7.74. The molecule has 2 heterocycles. The van der Waals surface area contributed by atoms with Crippen molar-refractivity contribution in [3.05, 3.63) is 23.8 Å². The zero-order valence-corrected chi connectivity index (χ0v) is 20.5. The fourth-order valence-corrected chi connectivity index (χ4v) is 7.00. The van der Waals surface area contributed by atoms with Crippen molar-refractivity contribution in [2.75, 3.05) is 18.0 Å². The van der Waals surface area contributed by atoms with Crippen LogP contribution in [-0.4, -0.2) is 49.7 Å². The van der Waals surface area contributed by atoms with Crippen molar-refractivity contribution >= 4 is 27.5 Å². The third kappa shape index (κ3) is 5.27. The first-order chi connectivity index (χ1) is 15.9. The number of piperidine rings is 1. The number of hydrogen-bond donors (Lipinski definition) is 1. The number of nitrogens with one attached hydrogen (secondary N) is 1. The molecule has 182 valence electrons. The molecule has 0 bridgehead atoms. The number of amides is 2. The molecule has 1 atom stereocenters. The molecule has 0 radical (unpaired) electrons. The Morgan fingerprint density at radius 3 is 2.27 bits per heavy atom. The van der Waals surface area contributed by atoms with Crippen molar-refractivity contribution in [3.63, 3.8) is 0 Å². The lowest BCUT2D eigenvalue weighted by molar-refractivity contribution is -0.126. The van der Waals surface area contributed by atoms with Gasteiger partial charge in [-0.3, -0.25) is 14.5 Å². The van der Waals surface area contributed by atoms with E-state index in [4.69, 9.17) is 0 Å². The van der Waals surface area contributed by atoms with Crippen LogP contribution in [-0.2, 0) is 26.0 Å². The summed E-state index contributed by atoms with van der Waals surface area (Å²) in [5.41, 5.74) is 1.42. The van der Waals surface area contributed by atoms with Crippen LogP contribution in [0.15, 0.2) is 23.1 Å². The van der Waals surface area contributed by atoms with Crippen LogP contribution in [0.25, 0.3) is 0 Å². The van der Waals surface area contributed by atoms with Gasteiger partial charge >= 0.3 is 0 Å². The van der Waals surface area contributed by atoms with E-state index in [1.54, 1.807) is 34.3 Å². The van der Waals surface area contributed by atoms with Crippen LogP contribution in [0, 0.1) is 0 Å². The maximum Gasteiger partial charge on any atom is 0.243 e.